The number of hydrogen-bond acceptors (Lipinski definition) is 4. The number of anilines is 1. The van der Waals surface area contributed by atoms with Crippen LogP contribution in [0.3, 0.4) is 0 Å². The minimum absolute atomic E-state index is 0.248. The quantitative estimate of drug-likeness (QED) is 0.304. The van der Waals surface area contributed by atoms with Gasteiger partial charge in [0.05, 0.1) is 5.52 Å². The van der Waals surface area contributed by atoms with Crippen molar-refractivity contribution in [2.75, 3.05) is 5.32 Å². The predicted octanol–water partition coefficient (Wildman–Crippen LogP) is 4.22. The minimum Gasteiger partial charge on any atom is -0.305 e. The molecule has 1 aromatic heterocycles. The molecule has 0 aliphatic heterocycles. The van der Waals surface area contributed by atoms with Crippen LogP contribution in [0.15, 0.2) is 60.7 Å². The molecule has 4 rings (SSSR count). The number of aryl methyl sites for hydroxylation is 2. The maximum Gasteiger partial charge on any atom is 0.274 e. The Bertz CT molecular complexity index is 1240. The van der Waals surface area contributed by atoms with Crippen LogP contribution >= 0.6 is 0 Å². The van der Waals surface area contributed by atoms with Crippen molar-refractivity contribution in [2.45, 2.75) is 13.8 Å². The van der Waals surface area contributed by atoms with Gasteiger partial charge in [0.25, 0.3) is 11.8 Å². The van der Waals surface area contributed by atoms with Crippen LogP contribution in [0.5, 0.6) is 0 Å². The van der Waals surface area contributed by atoms with Gasteiger partial charge in [-0.2, -0.15) is 5.10 Å². The zero-order valence-corrected chi connectivity index (χ0v) is 16.5. The van der Waals surface area contributed by atoms with E-state index in [0.29, 0.717) is 11.4 Å². The average Bonchev–Trinajstić information content (AvgIpc) is 3.14. The molecule has 4 aromatic rings. The van der Waals surface area contributed by atoms with Crippen molar-refractivity contribution in [2.24, 2.45) is 0 Å². The Balaban J connectivity index is 1.58. The van der Waals surface area contributed by atoms with Crippen LogP contribution < -0.4 is 10.8 Å². The number of carbonyl (C=O) groups excluding carboxylic acids is 2. The molecule has 1 heterocycles. The molecule has 0 aliphatic rings. The van der Waals surface area contributed by atoms with Crippen LogP contribution in [0.2, 0.25) is 0 Å². The number of aromatic nitrogens is 2. The third-order valence-corrected chi connectivity index (χ3v) is 4.86. The number of carbonyl (C=O) groups is 2. The Labute approximate surface area is 172 Å². The highest BCUT2D eigenvalue weighted by Crippen LogP contribution is 2.28. The topological polar surface area (TPSA) is 107 Å². The monoisotopic (exact) mass is 400 g/mol. The van der Waals surface area contributed by atoms with Gasteiger partial charge in [0.15, 0.2) is 5.82 Å². The molecule has 0 bridgehead atoms. The highest BCUT2D eigenvalue weighted by Gasteiger charge is 2.13. The van der Waals surface area contributed by atoms with Gasteiger partial charge in [0, 0.05) is 16.5 Å². The highest BCUT2D eigenvalue weighted by molar-refractivity contribution is 6.08. The van der Waals surface area contributed by atoms with Crippen molar-refractivity contribution in [1.29, 1.82) is 0 Å². The van der Waals surface area contributed by atoms with Gasteiger partial charge in [-0.15, -0.1) is 0 Å². The molecule has 0 unspecified atom stereocenters. The van der Waals surface area contributed by atoms with Gasteiger partial charge in [-0.3, -0.25) is 19.9 Å². The Morgan fingerprint density at radius 3 is 2.10 bits per heavy atom. The summed E-state index contributed by atoms with van der Waals surface area (Å²) in [6.07, 6.45) is 0. The number of hydrogen-bond donors (Lipinski definition) is 4. The maximum atomic E-state index is 12.6. The van der Waals surface area contributed by atoms with Crippen molar-refractivity contribution < 1.29 is 14.8 Å². The number of aromatic amines is 1. The van der Waals surface area contributed by atoms with E-state index in [0.717, 1.165) is 22.0 Å². The van der Waals surface area contributed by atoms with Crippen LogP contribution in [0.4, 0.5) is 5.82 Å². The normalized spacial score (nSPS) is 10.8. The molecule has 30 heavy (non-hydrogen) atoms. The van der Waals surface area contributed by atoms with E-state index in [4.69, 9.17) is 5.21 Å². The summed E-state index contributed by atoms with van der Waals surface area (Å²) in [7, 11) is 0. The molecule has 0 saturated carbocycles. The number of H-pyrrole nitrogens is 1. The van der Waals surface area contributed by atoms with E-state index < -0.39 is 5.91 Å². The molecule has 0 aliphatic carbocycles. The van der Waals surface area contributed by atoms with Crippen LogP contribution in [0.25, 0.3) is 22.0 Å². The number of nitrogens with zero attached hydrogens (tertiary/aromatic N) is 1. The Hall–Kier alpha value is -3.97. The van der Waals surface area contributed by atoms with E-state index >= 15 is 0 Å². The van der Waals surface area contributed by atoms with Crippen LogP contribution in [0, 0.1) is 13.8 Å². The van der Waals surface area contributed by atoms with Gasteiger partial charge < -0.3 is 5.32 Å². The molecular formula is C23H20N4O3. The maximum absolute atomic E-state index is 12.6. The largest absolute Gasteiger partial charge is 0.305 e. The third-order valence-electron chi connectivity index (χ3n) is 4.86. The second-order valence-electron chi connectivity index (χ2n) is 7.18. The third kappa shape index (κ3) is 3.78. The van der Waals surface area contributed by atoms with Gasteiger partial charge in [0.2, 0.25) is 0 Å². The predicted molar refractivity (Wildman–Crippen MR) is 115 cm³/mol. The summed E-state index contributed by atoms with van der Waals surface area (Å²) < 4.78 is 0. The van der Waals surface area contributed by atoms with Crippen LogP contribution in [0.1, 0.15) is 31.8 Å². The first-order valence-corrected chi connectivity index (χ1v) is 9.37. The van der Waals surface area contributed by atoms with Gasteiger partial charge >= 0.3 is 0 Å². The highest BCUT2D eigenvalue weighted by atomic mass is 16.5. The summed E-state index contributed by atoms with van der Waals surface area (Å²) in [6, 6.07) is 18.3. The molecule has 7 heteroatoms. The van der Waals surface area contributed by atoms with Crippen molar-refractivity contribution in [1.82, 2.24) is 15.7 Å². The Morgan fingerprint density at radius 2 is 1.47 bits per heavy atom. The van der Waals surface area contributed by atoms with E-state index in [-0.39, 0.29) is 11.5 Å². The summed E-state index contributed by atoms with van der Waals surface area (Å²) in [6.45, 7) is 4.14. The second-order valence-corrected chi connectivity index (χ2v) is 7.18. The van der Waals surface area contributed by atoms with Crippen molar-refractivity contribution >= 4 is 28.5 Å². The van der Waals surface area contributed by atoms with Crippen molar-refractivity contribution in [3.63, 3.8) is 0 Å². The molecule has 3 aromatic carbocycles. The van der Waals surface area contributed by atoms with E-state index in [9.17, 15) is 9.59 Å². The molecule has 0 saturated heterocycles. The molecule has 7 nitrogen and oxygen atoms in total. The molecule has 0 fully saturated rings. The minimum atomic E-state index is -0.639. The Morgan fingerprint density at radius 1 is 0.833 bits per heavy atom. The van der Waals surface area contributed by atoms with Gasteiger partial charge in [-0.25, -0.2) is 5.48 Å². The van der Waals surface area contributed by atoms with Gasteiger partial charge in [-0.05, 0) is 61.4 Å². The summed E-state index contributed by atoms with van der Waals surface area (Å²) in [5.41, 5.74) is 7.58. The molecule has 4 N–H and O–H groups in total. The fourth-order valence-corrected chi connectivity index (χ4v) is 3.45. The first kappa shape index (κ1) is 19.4. The van der Waals surface area contributed by atoms with E-state index in [2.05, 4.69) is 47.6 Å². The zero-order valence-electron chi connectivity index (χ0n) is 16.5. The van der Waals surface area contributed by atoms with Crippen LogP contribution in [-0.2, 0) is 0 Å². The van der Waals surface area contributed by atoms with Crippen molar-refractivity contribution in [3.8, 4) is 11.1 Å². The number of rotatable bonds is 4. The summed E-state index contributed by atoms with van der Waals surface area (Å²) in [4.78, 5) is 23.9. The van der Waals surface area contributed by atoms with E-state index in [1.165, 1.54) is 35.4 Å². The molecule has 0 radical (unpaired) electrons. The molecule has 0 atom stereocenters. The van der Waals surface area contributed by atoms with Gasteiger partial charge in [-0.1, -0.05) is 35.4 Å². The summed E-state index contributed by atoms with van der Waals surface area (Å²) in [5, 5.41) is 19.5. The lowest BCUT2D eigenvalue weighted by atomic mass is 10.00. The lowest BCUT2D eigenvalue weighted by molar-refractivity contribution is 0.0706. The number of nitrogens with one attached hydrogen (secondary N) is 3. The average molecular weight is 400 g/mol. The Kier molecular flexibility index (Phi) is 5.04. The SMILES string of the molecule is Cc1cc(C)cc(-c2ccc3c(NC(=O)c4ccc(C(=O)NO)cc4)n[nH]c3c2)c1. The molecular weight excluding hydrogens is 380 g/mol. The number of hydroxylamine groups is 1. The zero-order chi connectivity index (χ0) is 21.3. The van der Waals surface area contributed by atoms with Gasteiger partial charge in [0.1, 0.15) is 0 Å². The number of benzene rings is 3. The smallest absolute Gasteiger partial charge is 0.274 e. The van der Waals surface area contributed by atoms with Crippen LogP contribution in [-0.4, -0.2) is 27.2 Å². The molecule has 0 spiro atoms. The van der Waals surface area contributed by atoms with E-state index in [1.807, 2.05) is 18.2 Å². The molecule has 150 valence electrons. The number of fused-ring (bicyclic) bond motifs is 1. The first-order valence-electron chi connectivity index (χ1n) is 9.37. The summed E-state index contributed by atoms with van der Waals surface area (Å²) in [5.74, 6) is -0.559. The molecule has 2 amide bonds. The number of amides is 2. The first-order chi connectivity index (χ1) is 14.4. The fourth-order valence-electron chi connectivity index (χ4n) is 3.45. The lowest BCUT2D eigenvalue weighted by Gasteiger charge is -2.06. The van der Waals surface area contributed by atoms with Crippen molar-refractivity contribution in [3.05, 3.63) is 82.9 Å². The standard InChI is InChI=1S/C23H20N4O3/c1-13-9-14(2)11-18(10-13)17-7-8-19-20(12-17)25-26-21(19)24-22(28)15-3-5-16(6-4-15)23(29)27-30/h3-12,30H,1-2H3,(H,27,29)(H2,24,25,26,28). The fraction of sp³-hybridized carbons (Fsp3) is 0.0870. The summed E-state index contributed by atoms with van der Waals surface area (Å²) >= 11 is 0. The lowest BCUT2D eigenvalue weighted by Crippen LogP contribution is -2.19. The van der Waals surface area contributed by atoms with E-state index in [1.54, 1.807) is 5.48 Å². The second kappa shape index (κ2) is 7.81.